The summed E-state index contributed by atoms with van der Waals surface area (Å²) in [6.07, 6.45) is 1.29. The third kappa shape index (κ3) is 1.51. The van der Waals surface area contributed by atoms with Crippen molar-refractivity contribution in [3.05, 3.63) is 11.6 Å². The van der Waals surface area contributed by atoms with Crippen LogP contribution in [0.3, 0.4) is 0 Å². The summed E-state index contributed by atoms with van der Waals surface area (Å²) in [6.45, 7) is 1.66. The van der Waals surface area contributed by atoms with E-state index in [0.29, 0.717) is 5.57 Å². The van der Waals surface area contributed by atoms with Gasteiger partial charge in [-0.2, -0.15) is 0 Å². The predicted octanol–water partition coefficient (Wildman–Crippen LogP) is 0.270. The fourth-order valence-electron chi connectivity index (χ4n) is 1.14. The molecule has 1 N–H and O–H groups in total. The molecule has 0 aromatic carbocycles. The molecule has 0 aromatic heterocycles. The minimum absolute atomic E-state index is 0.0792. The summed E-state index contributed by atoms with van der Waals surface area (Å²) < 4.78 is 15.4. The van der Waals surface area contributed by atoms with Gasteiger partial charge in [-0.25, -0.2) is 0 Å². The van der Waals surface area contributed by atoms with Gasteiger partial charge in [0.05, 0.1) is 6.61 Å². The first kappa shape index (κ1) is 9.67. The van der Waals surface area contributed by atoms with Crippen LogP contribution in [0.2, 0.25) is 0 Å². The van der Waals surface area contributed by atoms with Gasteiger partial charge < -0.3 is 19.3 Å². The van der Waals surface area contributed by atoms with Crippen LogP contribution < -0.4 is 0 Å². The Labute approximate surface area is 71.7 Å². The minimum atomic E-state index is -0.838. The Hall–Kier alpha value is -0.420. The number of rotatable bonds is 3. The summed E-state index contributed by atoms with van der Waals surface area (Å²) >= 11 is 0. The molecule has 0 aromatic rings. The predicted molar refractivity (Wildman–Crippen MR) is 42.5 cm³/mol. The third-order valence-corrected chi connectivity index (χ3v) is 2.05. The number of aliphatic hydroxyl groups is 1. The summed E-state index contributed by atoms with van der Waals surface area (Å²) in [5.74, 6) is -0.838. The van der Waals surface area contributed by atoms with Gasteiger partial charge in [-0.15, -0.1) is 0 Å². The second-order valence-corrected chi connectivity index (χ2v) is 2.72. The Morgan fingerprint density at radius 3 is 2.67 bits per heavy atom. The quantitative estimate of drug-likeness (QED) is 0.624. The van der Waals surface area contributed by atoms with E-state index in [9.17, 15) is 0 Å². The second kappa shape index (κ2) is 3.53. The van der Waals surface area contributed by atoms with E-state index in [1.807, 2.05) is 0 Å². The van der Waals surface area contributed by atoms with Gasteiger partial charge in [0.15, 0.2) is 12.1 Å². The van der Waals surface area contributed by atoms with Crippen molar-refractivity contribution in [1.29, 1.82) is 0 Å². The molecular weight excluding hydrogens is 160 g/mol. The average molecular weight is 174 g/mol. The molecule has 70 valence electrons. The molecule has 1 heterocycles. The SMILES string of the molecule is CO[C@H]1C=C(CO)[C@](C)(OC)O1. The summed E-state index contributed by atoms with van der Waals surface area (Å²) in [5, 5.41) is 8.96. The van der Waals surface area contributed by atoms with Gasteiger partial charge in [0.2, 0.25) is 0 Å². The highest BCUT2D eigenvalue weighted by Gasteiger charge is 2.38. The average Bonchev–Trinajstić information content (AvgIpc) is 2.43. The Balaban J connectivity index is 2.76. The molecule has 2 atom stereocenters. The molecule has 1 rings (SSSR count). The number of hydrogen-bond donors (Lipinski definition) is 1. The maximum Gasteiger partial charge on any atom is 0.193 e. The summed E-state index contributed by atoms with van der Waals surface area (Å²) in [5.41, 5.74) is 0.692. The number of methoxy groups -OCH3 is 2. The van der Waals surface area contributed by atoms with Crippen molar-refractivity contribution < 1.29 is 19.3 Å². The largest absolute Gasteiger partial charge is 0.392 e. The highest BCUT2D eigenvalue weighted by Crippen LogP contribution is 2.30. The lowest BCUT2D eigenvalue weighted by Crippen LogP contribution is -2.32. The van der Waals surface area contributed by atoms with Crippen LogP contribution in [-0.4, -0.2) is 38.0 Å². The van der Waals surface area contributed by atoms with Crippen molar-refractivity contribution in [3.8, 4) is 0 Å². The third-order valence-electron chi connectivity index (χ3n) is 2.05. The van der Waals surface area contributed by atoms with E-state index in [0.717, 1.165) is 0 Å². The van der Waals surface area contributed by atoms with Gasteiger partial charge in [-0.3, -0.25) is 0 Å². The molecule has 12 heavy (non-hydrogen) atoms. The van der Waals surface area contributed by atoms with Gasteiger partial charge in [-0.1, -0.05) is 0 Å². The molecule has 0 fully saturated rings. The van der Waals surface area contributed by atoms with E-state index >= 15 is 0 Å². The van der Waals surface area contributed by atoms with E-state index in [4.69, 9.17) is 19.3 Å². The molecule has 4 heteroatoms. The zero-order chi connectivity index (χ0) is 9.19. The molecule has 0 radical (unpaired) electrons. The lowest BCUT2D eigenvalue weighted by Gasteiger charge is -2.25. The van der Waals surface area contributed by atoms with E-state index in [-0.39, 0.29) is 6.61 Å². The van der Waals surface area contributed by atoms with Crippen LogP contribution in [-0.2, 0) is 14.2 Å². The molecule has 0 unspecified atom stereocenters. The topological polar surface area (TPSA) is 47.9 Å². The number of hydrogen-bond acceptors (Lipinski definition) is 4. The Morgan fingerprint density at radius 1 is 1.67 bits per heavy atom. The van der Waals surface area contributed by atoms with Gasteiger partial charge >= 0.3 is 0 Å². The number of ether oxygens (including phenoxy) is 3. The molecule has 0 bridgehead atoms. The molecule has 0 saturated heterocycles. The first-order valence-electron chi connectivity index (χ1n) is 3.74. The highest BCUT2D eigenvalue weighted by molar-refractivity contribution is 5.18. The van der Waals surface area contributed by atoms with Crippen LogP contribution in [0.5, 0.6) is 0 Å². The van der Waals surface area contributed by atoms with Crippen molar-refractivity contribution in [2.24, 2.45) is 0 Å². The van der Waals surface area contributed by atoms with E-state index in [1.54, 1.807) is 13.0 Å². The van der Waals surface area contributed by atoms with Gasteiger partial charge in [0.25, 0.3) is 0 Å². The van der Waals surface area contributed by atoms with Gasteiger partial charge in [-0.05, 0) is 13.0 Å². The zero-order valence-electron chi connectivity index (χ0n) is 7.53. The monoisotopic (exact) mass is 174 g/mol. The lowest BCUT2D eigenvalue weighted by molar-refractivity contribution is -0.238. The normalized spacial score (nSPS) is 35.3. The second-order valence-electron chi connectivity index (χ2n) is 2.72. The highest BCUT2D eigenvalue weighted by atomic mass is 16.8. The maximum absolute atomic E-state index is 8.96. The molecule has 0 amide bonds. The number of aliphatic hydroxyl groups excluding tert-OH is 1. The minimum Gasteiger partial charge on any atom is -0.392 e. The van der Waals surface area contributed by atoms with Crippen molar-refractivity contribution in [2.75, 3.05) is 20.8 Å². The Bertz CT molecular complexity index is 189. The molecule has 1 aliphatic heterocycles. The Morgan fingerprint density at radius 2 is 2.33 bits per heavy atom. The van der Waals surface area contributed by atoms with Crippen LogP contribution in [0.25, 0.3) is 0 Å². The van der Waals surface area contributed by atoms with Crippen LogP contribution in [0.1, 0.15) is 6.92 Å². The summed E-state index contributed by atoms with van der Waals surface area (Å²) in [6, 6.07) is 0. The summed E-state index contributed by atoms with van der Waals surface area (Å²) in [7, 11) is 3.07. The van der Waals surface area contributed by atoms with Crippen LogP contribution in [0.4, 0.5) is 0 Å². The van der Waals surface area contributed by atoms with Crippen LogP contribution in [0.15, 0.2) is 11.6 Å². The Kier molecular flexibility index (Phi) is 2.85. The molecule has 0 spiro atoms. The molecular formula is C8H14O4. The smallest absolute Gasteiger partial charge is 0.193 e. The molecule has 0 saturated carbocycles. The van der Waals surface area contributed by atoms with Crippen molar-refractivity contribution in [2.45, 2.75) is 19.0 Å². The first-order valence-corrected chi connectivity index (χ1v) is 3.74. The fraction of sp³-hybridized carbons (Fsp3) is 0.750. The van der Waals surface area contributed by atoms with Crippen molar-refractivity contribution >= 4 is 0 Å². The van der Waals surface area contributed by atoms with Crippen LogP contribution in [0, 0.1) is 0 Å². The molecule has 0 aliphatic carbocycles. The standard InChI is InChI=1S/C8H14O4/c1-8(11-3)6(5-9)4-7(10-2)12-8/h4,7,9H,5H2,1-3H3/t7-,8-/m1/s1. The lowest BCUT2D eigenvalue weighted by atomic mass is 10.1. The fourth-order valence-corrected chi connectivity index (χ4v) is 1.14. The maximum atomic E-state index is 8.96. The van der Waals surface area contributed by atoms with Gasteiger partial charge in [0.1, 0.15) is 0 Å². The van der Waals surface area contributed by atoms with Crippen molar-refractivity contribution in [3.63, 3.8) is 0 Å². The zero-order valence-corrected chi connectivity index (χ0v) is 7.53. The van der Waals surface area contributed by atoms with Gasteiger partial charge in [0, 0.05) is 19.8 Å². The van der Waals surface area contributed by atoms with Crippen molar-refractivity contribution in [1.82, 2.24) is 0 Å². The molecule has 4 nitrogen and oxygen atoms in total. The van der Waals surface area contributed by atoms with E-state index in [2.05, 4.69) is 0 Å². The van der Waals surface area contributed by atoms with Crippen LogP contribution >= 0.6 is 0 Å². The summed E-state index contributed by atoms with van der Waals surface area (Å²) in [4.78, 5) is 0. The first-order chi connectivity index (χ1) is 5.66. The molecule has 1 aliphatic rings. The van der Waals surface area contributed by atoms with E-state index < -0.39 is 12.1 Å². The van der Waals surface area contributed by atoms with E-state index in [1.165, 1.54) is 14.2 Å².